The molecule has 4 nitrogen and oxygen atoms in total. The first kappa shape index (κ1) is 39.1. The minimum atomic E-state index is -0.781. The molecule has 0 radical (unpaired) electrons. The maximum absolute atomic E-state index is 5.06. The van der Waals surface area contributed by atoms with E-state index in [2.05, 4.69) is 236 Å². The molecule has 10 rings (SSSR count). The first-order valence-electron chi connectivity index (χ1n) is 20.6. The normalized spacial score (nSPS) is 11.8. The largest absolute Gasteiger partial charge is 0.319 e. The Balaban J connectivity index is 0.00000462. The van der Waals surface area contributed by atoms with Gasteiger partial charge < -0.3 is 4.57 Å². The maximum Gasteiger partial charge on any atom is 0.188 e. The molecule has 0 saturated carbocycles. The standard InChI is InChI=1S/C55H45N4.Pt/c1-38(2)46-24-11-12-25-47(46)40-32-33-56-54(34-40)59-50-27-14-13-26-48(50)49-31-30-44(36-53(49)59)55(41-18-7-5-8-19-41,42-20-9-6-10-21-42)43-22-17-23-45(35-43)58-37-57(39(3)4)51-28-15-16-29-52(51)58;/h5-34,37-39H,1-4H3;/q-1;. The van der Waals surface area contributed by atoms with E-state index >= 15 is 0 Å². The molecule has 0 aliphatic carbocycles. The van der Waals surface area contributed by atoms with Crippen molar-refractivity contribution in [3.63, 3.8) is 0 Å². The van der Waals surface area contributed by atoms with Gasteiger partial charge in [0.05, 0.1) is 6.04 Å². The van der Waals surface area contributed by atoms with Gasteiger partial charge in [-0.25, -0.2) is 14.1 Å². The number of pyridine rings is 1. The number of hydrogen-bond donors (Lipinski definition) is 0. The molecule has 3 aromatic heterocycles. The van der Waals surface area contributed by atoms with Crippen LogP contribution in [-0.4, -0.2) is 18.7 Å². The molecule has 0 amide bonds. The number of aromatic nitrogens is 4. The van der Waals surface area contributed by atoms with Crippen molar-refractivity contribution in [3.05, 3.63) is 228 Å². The third-order valence-corrected chi connectivity index (χ3v) is 11.9. The van der Waals surface area contributed by atoms with Crippen molar-refractivity contribution in [2.75, 3.05) is 0 Å². The summed E-state index contributed by atoms with van der Waals surface area (Å²) in [5.41, 5.74) is 12.6. The Bertz CT molecular complexity index is 3080. The van der Waals surface area contributed by atoms with Crippen LogP contribution in [0.5, 0.6) is 0 Å². The molecule has 0 aliphatic heterocycles. The zero-order valence-electron chi connectivity index (χ0n) is 34.2. The second-order valence-corrected chi connectivity index (χ2v) is 16.0. The minimum Gasteiger partial charge on any atom is -0.319 e. The van der Waals surface area contributed by atoms with Gasteiger partial charge in [0.1, 0.15) is 5.82 Å². The summed E-state index contributed by atoms with van der Waals surface area (Å²) in [6, 6.07) is 71.6. The fourth-order valence-electron chi connectivity index (χ4n) is 9.19. The number of nitrogens with zero attached hydrogens (tertiary/aromatic N) is 4. The van der Waals surface area contributed by atoms with Crippen LogP contribution in [0.2, 0.25) is 0 Å². The third-order valence-electron chi connectivity index (χ3n) is 11.9. The number of fused-ring (bicyclic) bond motifs is 4. The van der Waals surface area contributed by atoms with E-state index in [4.69, 9.17) is 4.98 Å². The zero-order chi connectivity index (χ0) is 40.1. The van der Waals surface area contributed by atoms with Crippen LogP contribution >= 0.6 is 0 Å². The van der Waals surface area contributed by atoms with Gasteiger partial charge in [0.25, 0.3) is 0 Å². The number of benzene rings is 7. The summed E-state index contributed by atoms with van der Waals surface area (Å²) in [5.74, 6) is 1.25. The Labute approximate surface area is 366 Å². The van der Waals surface area contributed by atoms with Crippen molar-refractivity contribution >= 4 is 32.8 Å². The molecule has 0 fully saturated rings. The average Bonchev–Trinajstić information content (AvgIpc) is 3.84. The topological polar surface area (TPSA) is 27.7 Å². The number of para-hydroxylation sites is 3. The summed E-state index contributed by atoms with van der Waals surface area (Å²) in [5, 5.41) is 2.29. The van der Waals surface area contributed by atoms with E-state index in [9.17, 15) is 0 Å². The van der Waals surface area contributed by atoms with E-state index in [-0.39, 0.29) is 21.1 Å². The molecule has 296 valence electrons. The van der Waals surface area contributed by atoms with Crippen molar-refractivity contribution in [1.29, 1.82) is 0 Å². The van der Waals surface area contributed by atoms with Crippen LogP contribution in [0, 0.1) is 12.1 Å². The van der Waals surface area contributed by atoms with E-state index in [1.165, 1.54) is 16.6 Å². The molecule has 0 saturated heterocycles. The second kappa shape index (κ2) is 16.0. The van der Waals surface area contributed by atoms with Crippen LogP contribution in [0.25, 0.3) is 55.5 Å². The van der Waals surface area contributed by atoms with E-state index < -0.39 is 5.41 Å². The molecule has 7 aromatic carbocycles. The molecule has 0 atom stereocenters. The van der Waals surface area contributed by atoms with Crippen molar-refractivity contribution in [2.45, 2.75) is 45.1 Å². The van der Waals surface area contributed by atoms with Crippen LogP contribution in [0.1, 0.15) is 67.5 Å². The van der Waals surface area contributed by atoms with Crippen molar-refractivity contribution in [3.8, 4) is 22.6 Å². The first-order valence-corrected chi connectivity index (χ1v) is 20.6. The maximum atomic E-state index is 5.06. The molecule has 0 N–H and O–H groups in total. The van der Waals surface area contributed by atoms with Gasteiger partial charge in [0.15, 0.2) is 17.4 Å². The monoisotopic (exact) mass is 956 g/mol. The summed E-state index contributed by atoms with van der Waals surface area (Å²) < 4.78 is 6.91. The quantitative estimate of drug-likeness (QED) is 0.105. The van der Waals surface area contributed by atoms with E-state index in [0.29, 0.717) is 12.0 Å². The number of rotatable bonds is 9. The first-order chi connectivity index (χ1) is 28.9. The van der Waals surface area contributed by atoms with Crippen LogP contribution in [0.4, 0.5) is 0 Å². The van der Waals surface area contributed by atoms with Crippen LogP contribution in [-0.2, 0) is 26.5 Å². The average molecular weight is 957 g/mol. The Hall–Kier alpha value is -6.35. The number of imidazole rings is 1. The Morgan fingerprint density at radius 1 is 0.567 bits per heavy atom. The summed E-state index contributed by atoms with van der Waals surface area (Å²) in [7, 11) is 0. The van der Waals surface area contributed by atoms with Gasteiger partial charge >= 0.3 is 0 Å². The van der Waals surface area contributed by atoms with Gasteiger partial charge in [-0.05, 0) is 83.3 Å². The second-order valence-electron chi connectivity index (χ2n) is 16.0. The third kappa shape index (κ3) is 6.42. The fraction of sp³-hybridized carbons (Fsp3) is 0.127. The molecule has 0 bridgehead atoms. The molecule has 0 unspecified atom stereocenters. The van der Waals surface area contributed by atoms with Crippen LogP contribution in [0.3, 0.4) is 0 Å². The Morgan fingerprint density at radius 3 is 1.92 bits per heavy atom. The summed E-state index contributed by atoms with van der Waals surface area (Å²) >= 11 is 0. The Kier molecular flexibility index (Phi) is 10.4. The van der Waals surface area contributed by atoms with Gasteiger partial charge in [0, 0.05) is 56.0 Å². The SMILES string of the molecule is CC(C)c1ccccc1-c1ccnc(-n2c3[c-]c(C(c4[c-]c(-n5[cH+]n(C(C)C)c6ccccc65)ccc4)(c4ccccc4)c4ccccc4)ccc3c3ccccc32)c1.[Pt]. The predicted molar refractivity (Wildman–Crippen MR) is 244 cm³/mol. The van der Waals surface area contributed by atoms with E-state index in [1.54, 1.807) is 0 Å². The van der Waals surface area contributed by atoms with Crippen molar-refractivity contribution in [2.24, 2.45) is 0 Å². The van der Waals surface area contributed by atoms with Crippen molar-refractivity contribution in [1.82, 2.24) is 18.7 Å². The minimum absolute atomic E-state index is 0. The van der Waals surface area contributed by atoms with Gasteiger partial charge in [-0.2, -0.15) is 30.3 Å². The molecule has 10 aromatic rings. The predicted octanol–water partition coefficient (Wildman–Crippen LogP) is 13.6. The Morgan fingerprint density at radius 2 is 1.20 bits per heavy atom. The van der Waals surface area contributed by atoms with Gasteiger partial charge in [-0.15, -0.1) is 22.6 Å². The van der Waals surface area contributed by atoms with Gasteiger partial charge in [-0.1, -0.05) is 129 Å². The molecule has 60 heavy (non-hydrogen) atoms. The summed E-state index contributed by atoms with van der Waals surface area (Å²) in [6.07, 6.45) is 4.16. The molecular formula is C55H45N4Pt-. The van der Waals surface area contributed by atoms with E-state index in [0.717, 1.165) is 66.6 Å². The zero-order valence-corrected chi connectivity index (χ0v) is 36.4. The molecule has 0 aliphatic rings. The van der Waals surface area contributed by atoms with Crippen molar-refractivity contribution < 1.29 is 21.1 Å². The van der Waals surface area contributed by atoms with Gasteiger partial charge in [0.2, 0.25) is 0 Å². The fourth-order valence-corrected chi connectivity index (χ4v) is 9.19. The summed E-state index contributed by atoms with van der Waals surface area (Å²) in [6.45, 7) is 8.97. The van der Waals surface area contributed by atoms with E-state index in [1.807, 2.05) is 6.20 Å². The summed E-state index contributed by atoms with van der Waals surface area (Å²) in [4.78, 5) is 5.06. The van der Waals surface area contributed by atoms with Gasteiger partial charge in [-0.3, -0.25) is 0 Å². The van der Waals surface area contributed by atoms with Crippen LogP contribution < -0.4 is 0 Å². The molecule has 0 spiro atoms. The smallest absolute Gasteiger partial charge is 0.188 e. The molecule has 5 heteroatoms. The van der Waals surface area contributed by atoms with Crippen LogP contribution in [0.15, 0.2) is 188 Å². The molecule has 3 heterocycles. The number of hydrogen-bond acceptors (Lipinski definition) is 1. The molecular weight excluding hydrogens is 912 g/mol.